The minimum atomic E-state index is -0.837. The van der Waals surface area contributed by atoms with Gasteiger partial charge >= 0.3 is 0 Å². The quantitative estimate of drug-likeness (QED) is 0.886. The third kappa shape index (κ3) is 3.20. The first-order valence-corrected chi connectivity index (χ1v) is 7.47. The van der Waals surface area contributed by atoms with Crippen molar-refractivity contribution < 1.29 is 10.2 Å². The summed E-state index contributed by atoms with van der Waals surface area (Å²) in [7, 11) is 4.05. The van der Waals surface area contributed by atoms with Crippen molar-refractivity contribution in [2.45, 2.75) is 25.9 Å². The van der Waals surface area contributed by atoms with Crippen LogP contribution in [-0.2, 0) is 5.60 Å². The second-order valence-corrected chi connectivity index (χ2v) is 6.19. The summed E-state index contributed by atoms with van der Waals surface area (Å²) in [6.45, 7) is 4.94. The number of aliphatic hydroxyl groups is 1. The molecule has 0 aliphatic carbocycles. The number of rotatable bonds is 5. The first-order chi connectivity index (χ1) is 9.86. The summed E-state index contributed by atoms with van der Waals surface area (Å²) in [6.07, 6.45) is 0.672. The van der Waals surface area contributed by atoms with E-state index in [-0.39, 0.29) is 11.7 Å². The Labute approximate surface area is 126 Å². The number of phenols is 1. The zero-order valence-electron chi connectivity index (χ0n) is 13.3. The van der Waals surface area contributed by atoms with Gasteiger partial charge in [-0.15, -0.1) is 0 Å². The predicted octanol–water partition coefficient (Wildman–Crippen LogP) is 3.34. The minimum absolute atomic E-state index is 0.132. The molecule has 0 unspecified atom stereocenters. The van der Waals surface area contributed by atoms with E-state index >= 15 is 0 Å². The topological polar surface area (TPSA) is 43.7 Å². The number of nitrogens with zero attached hydrogens (tertiary/aromatic N) is 1. The smallest absolute Gasteiger partial charge is 0.116 e. The van der Waals surface area contributed by atoms with Crippen LogP contribution in [0.4, 0.5) is 0 Å². The van der Waals surface area contributed by atoms with Gasteiger partial charge in [-0.25, -0.2) is 0 Å². The zero-order valence-corrected chi connectivity index (χ0v) is 13.3. The Bertz CT molecular complexity index is 624. The molecule has 0 aromatic heterocycles. The summed E-state index contributed by atoms with van der Waals surface area (Å²) in [6, 6.07) is 11.3. The standard InChI is InChI=1S/C18H25NO2/c1-5-18(21,13(2)12-19(3)4)16-8-6-15-11-17(20)9-7-14(15)10-16/h6-11,13,20-21H,5,12H2,1-4H3/t13-,18+/m1/s1. The van der Waals surface area contributed by atoms with Gasteiger partial charge in [-0.05, 0) is 55.1 Å². The molecule has 3 heteroatoms. The van der Waals surface area contributed by atoms with Crippen LogP contribution in [0.15, 0.2) is 36.4 Å². The van der Waals surface area contributed by atoms with Crippen molar-refractivity contribution >= 4 is 10.8 Å². The molecular weight excluding hydrogens is 262 g/mol. The van der Waals surface area contributed by atoms with Gasteiger partial charge in [0.1, 0.15) is 5.75 Å². The van der Waals surface area contributed by atoms with E-state index in [0.29, 0.717) is 6.42 Å². The molecule has 2 aromatic carbocycles. The van der Waals surface area contributed by atoms with E-state index in [2.05, 4.69) is 11.8 Å². The van der Waals surface area contributed by atoms with E-state index < -0.39 is 5.60 Å². The Hall–Kier alpha value is -1.58. The molecule has 2 aromatic rings. The molecule has 114 valence electrons. The number of fused-ring (bicyclic) bond motifs is 1. The highest BCUT2D eigenvalue weighted by atomic mass is 16.3. The number of hydrogen-bond acceptors (Lipinski definition) is 3. The molecule has 0 saturated heterocycles. The summed E-state index contributed by atoms with van der Waals surface area (Å²) < 4.78 is 0. The van der Waals surface area contributed by atoms with Crippen LogP contribution in [0, 0.1) is 5.92 Å². The van der Waals surface area contributed by atoms with Gasteiger partial charge in [0, 0.05) is 12.5 Å². The lowest BCUT2D eigenvalue weighted by Crippen LogP contribution is -2.38. The molecule has 0 radical (unpaired) electrons. The van der Waals surface area contributed by atoms with E-state index in [9.17, 15) is 10.2 Å². The summed E-state index contributed by atoms with van der Waals surface area (Å²) >= 11 is 0. The summed E-state index contributed by atoms with van der Waals surface area (Å²) in [4.78, 5) is 2.10. The predicted molar refractivity (Wildman–Crippen MR) is 87.5 cm³/mol. The Morgan fingerprint density at radius 3 is 2.33 bits per heavy atom. The third-order valence-electron chi connectivity index (χ3n) is 4.32. The van der Waals surface area contributed by atoms with Gasteiger partial charge in [0.25, 0.3) is 0 Å². The van der Waals surface area contributed by atoms with Crippen molar-refractivity contribution in [3.8, 4) is 5.75 Å². The fourth-order valence-electron chi connectivity index (χ4n) is 3.04. The molecule has 0 aliphatic rings. The maximum Gasteiger partial charge on any atom is 0.116 e. The SMILES string of the molecule is CC[C@@](O)(c1ccc2cc(O)ccc2c1)[C@H](C)CN(C)C. The van der Waals surface area contributed by atoms with Gasteiger partial charge in [0.2, 0.25) is 0 Å². The van der Waals surface area contributed by atoms with Crippen molar-refractivity contribution in [2.75, 3.05) is 20.6 Å². The van der Waals surface area contributed by atoms with E-state index in [1.165, 1.54) is 0 Å². The van der Waals surface area contributed by atoms with Crippen LogP contribution in [0.2, 0.25) is 0 Å². The molecule has 0 fully saturated rings. The minimum Gasteiger partial charge on any atom is -0.508 e. The molecule has 2 rings (SSSR count). The number of aromatic hydroxyl groups is 1. The molecule has 0 heterocycles. The molecule has 0 bridgehead atoms. The summed E-state index contributed by atoms with van der Waals surface area (Å²) in [5.74, 6) is 0.397. The van der Waals surface area contributed by atoms with Crippen LogP contribution in [0.25, 0.3) is 10.8 Å². The van der Waals surface area contributed by atoms with Crippen LogP contribution >= 0.6 is 0 Å². The highest BCUT2D eigenvalue weighted by molar-refractivity contribution is 5.84. The van der Waals surface area contributed by atoms with Gasteiger partial charge in [0.05, 0.1) is 5.60 Å². The fraction of sp³-hybridized carbons (Fsp3) is 0.444. The maximum atomic E-state index is 11.1. The Morgan fingerprint density at radius 1 is 1.10 bits per heavy atom. The van der Waals surface area contributed by atoms with Gasteiger partial charge in [-0.2, -0.15) is 0 Å². The normalized spacial score (nSPS) is 16.1. The molecule has 21 heavy (non-hydrogen) atoms. The monoisotopic (exact) mass is 287 g/mol. The molecule has 0 amide bonds. The van der Waals surface area contributed by atoms with Crippen molar-refractivity contribution in [2.24, 2.45) is 5.92 Å². The average molecular weight is 287 g/mol. The number of benzene rings is 2. The van der Waals surface area contributed by atoms with Gasteiger partial charge in [-0.3, -0.25) is 0 Å². The van der Waals surface area contributed by atoms with Crippen LogP contribution in [0.3, 0.4) is 0 Å². The third-order valence-corrected chi connectivity index (χ3v) is 4.32. The number of phenolic OH excluding ortho intramolecular Hbond substituents is 1. The fourth-order valence-corrected chi connectivity index (χ4v) is 3.04. The largest absolute Gasteiger partial charge is 0.508 e. The molecule has 0 spiro atoms. The first-order valence-electron chi connectivity index (χ1n) is 7.47. The summed E-state index contributed by atoms with van der Waals surface area (Å²) in [5.41, 5.74) is 0.105. The van der Waals surface area contributed by atoms with Crippen LogP contribution in [0.5, 0.6) is 5.75 Å². The van der Waals surface area contributed by atoms with E-state index in [0.717, 1.165) is 22.9 Å². The highest BCUT2D eigenvalue weighted by Gasteiger charge is 2.34. The first kappa shape index (κ1) is 15.8. The van der Waals surface area contributed by atoms with Crippen molar-refractivity contribution in [1.82, 2.24) is 4.90 Å². The Morgan fingerprint density at radius 2 is 1.71 bits per heavy atom. The van der Waals surface area contributed by atoms with E-state index in [1.807, 2.05) is 45.3 Å². The average Bonchev–Trinajstić information content (AvgIpc) is 2.45. The van der Waals surface area contributed by atoms with Crippen molar-refractivity contribution in [1.29, 1.82) is 0 Å². The van der Waals surface area contributed by atoms with Crippen LogP contribution in [-0.4, -0.2) is 35.8 Å². The van der Waals surface area contributed by atoms with Crippen molar-refractivity contribution in [3.05, 3.63) is 42.0 Å². The van der Waals surface area contributed by atoms with Crippen LogP contribution in [0.1, 0.15) is 25.8 Å². The maximum absolute atomic E-state index is 11.1. The molecular formula is C18H25NO2. The number of hydrogen-bond donors (Lipinski definition) is 2. The molecule has 0 aliphatic heterocycles. The zero-order chi connectivity index (χ0) is 15.6. The highest BCUT2D eigenvalue weighted by Crippen LogP contribution is 2.35. The lowest BCUT2D eigenvalue weighted by Gasteiger charge is -2.35. The van der Waals surface area contributed by atoms with Crippen molar-refractivity contribution in [3.63, 3.8) is 0 Å². The van der Waals surface area contributed by atoms with Gasteiger partial charge in [0.15, 0.2) is 0 Å². The Balaban J connectivity index is 2.44. The molecule has 3 nitrogen and oxygen atoms in total. The van der Waals surface area contributed by atoms with Gasteiger partial charge < -0.3 is 15.1 Å². The lowest BCUT2D eigenvalue weighted by atomic mass is 9.79. The lowest BCUT2D eigenvalue weighted by molar-refractivity contribution is -0.0290. The molecule has 2 N–H and O–H groups in total. The van der Waals surface area contributed by atoms with Crippen LogP contribution < -0.4 is 0 Å². The Kier molecular flexibility index (Phi) is 4.55. The van der Waals surface area contributed by atoms with E-state index in [4.69, 9.17) is 0 Å². The van der Waals surface area contributed by atoms with Gasteiger partial charge in [-0.1, -0.05) is 32.0 Å². The second-order valence-electron chi connectivity index (χ2n) is 6.19. The molecule has 2 atom stereocenters. The summed E-state index contributed by atoms with van der Waals surface area (Å²) in [5, 5.41) is 22.7. The van der Waals surface area contributed by atoms with E-state index in [1.54, 1.807) is 12.1 Å². The molecule has 0 saturated carbocycles. The second kappa shape index (κ2) is 6.04.